The molecular weight excluding hydrogens is 368 g/mol. The number of hydrogen-bond donors (Lipinski definition) is 2. The summed E-state index contributed by atoms with van der Waals surface area (Å²) in [5.74, 6) is -0.485. The van der Waals surface area contributed by atoms with Gasteiger partial charge in [0.25, 0.3) is 5.91 Å². The minimum absolute atomic E-state index is 0.0699. The van der Waals surface area contributed by atoms with E-state index in [1.807, 2.05) is 31.2 Å². The number of nitrogens with one attached hydrogen (secondary N) is 1. The number of benzene rings is 1. The number of amides is 1. The number of nitrogens with zero attached hydrogens (tertiary/aromatic N) is 1. The Bertz CT molecular complexity index is 797. The Hall–Kier alpha value is -2.45. The van der Waals surface area contributed by atoms with E-state index in [1.165, 1.54) is 11.3 Å². The Morgan fingerprint density at radius 1 is 1.30 bits per heavy atom. The molecule has 1 amide bonds. The van der Waals surface area contributed by atoms with Crippen molar-refractivity contribution < 1.29 is 24.2 Å². The number of aliphatic carboxylic acids is 1. The van der Waals surface area contributed by atoms with Gasteiger partial charge in [-0.05, 0) is 44.0 Å². The van der Waals surface area contributed by atoms with E-state index in [9.17, 15) is 14.7 Å². The van der Waals surface area contributed by atoms with Crippen LogP contribution in [-0.2, 0) is 9.53 Å². The fourth-order valence-corrected chi connectivity index (χ4v) is 3.75. The molecule has 144 valence electrons. The molecule has 3 rings (SSSR count). The van der Waals surface area contributed by atoms with E-state index in [-0.39, 0.29) is 18.1 Å². The third-order valence-electron chi connectivity index (χ3n) is 4.64. The highest BCUT2D eigenvalue weighted by atomic mass is 32.1. The Morgan fingerprint density at radius 2 is 2.00 bits per heavy atom. The van der Waals surface area contributed by atoms with E-state index >= 15 is 0 Å². The van der Waals surface area contributed by atoms with Gasteiger partial charge in [0.1, 0.15) is 16.5 Å². The lowest BCUT2D eigenvalue weighted by molar-refractivity contribution is -0.154. The van der Waals surface area contributed by atoms with Gasteiger partial charge in [-0.25, -0.2) is 4.98 Å². The number of rotatable bonds is 7. The number of thiazole rings is 1. The topological polar surface area (TPSA) is 97.8 Å². The fourth-order valence-electron chi connectivity index (χ4n) is 2.94. The molecule has 0 bridgehead atoms. The minimum atomic E-state index is -0.970. The van der Waals surface area contributed by atoms with E-state index in [0.29, 0.717) is 32.7 Å². The molecule has 8 heteroatoms. The quantitative estimate of drug-likeness (QED) is 0.754. The molecule has 1 aromatic heterocycles. The van der Waals surface area contributed by atoms with Gasteiger partial charge >= 0.3 is 5.97 Å². The zero-order chi connectivity index (χ0) is 19.3. The van der Waals surface area contributed by atoms with Crippen molar-refractivity contribution >= 4 is 23.2 Å². The Kier molecular flexibility index (Phi) is 6.08. The maximum absolute atomic E-state index is 12.4. The highest BCUT2D eigenvalue weighted by Gasteiger charge is 2.40. The van der Waals surface area contributed by atoms with Crippen LogP contribution in [0, 0.1) is 5.41 Å². The molecule has 2 aromatic rings. The molecule has 1 aliphatic rings. The lowest BCUT2D eigenvalue weighted by Crippen LogP contribution is -2.46. The van der Waals surface area contributed by atoms with Gasteiger partial charge in [0.2, 0.25) is 0 Å². The minimum Gasteiger partial charge on any atom is -0.494 e. The average Bonchev–Trinajstić information content (AvgIpc) is 3.18. The van der Waals surface area contributed by atoms with Gasteiger partial charge in [0.15, 0.2) is 0 Å². The molecule has 0 saturated carbocycles. The summed E-state index contributed by atoms with van der Waals surface area (Å²) < 4.78 is 10.7. The highest BCUT2D eigenvalue weighted by Crippen LogP contribution is 2.30. The van der Waals surface area contributed by atoms with Gasteiger partial charge in [0, 0.05) is 30.7 Å². The van der Waals surface area contributed by atoms with Crippen LogP contribution in [0.15, 0.2) is 29.6 Å². The van der Waals surface area contributed by atoms with E-state index in [4.69, 9.17) is 9.47 Å². The van der Waals surface area contributed by atoms with Gasteiger partial charge in [-0.2, -0.15) is 0 Å². The SMILES string of the molecule is CCOc1ccc(-c2nc(C(=O)NCC3(C(=O)O)CCOCC3)cs2)cc1. The number of ether oxygens (including phenoxy) is 2. The second-order valence-corrected chi connectivity index (χ2v) is 7.23. The standard InChI is InChI=1S/C19H22N2O5S/c1-2-26-14-5-3-13(4-6-14)17-21-15(11-27-17)16(22)20-12-19(18(23)24)7-9-25-10-8-19/h3-6,11H,2,7-10,12H2,1H3,(H,20,22)(H,23,24). The van der Waals surface area contributed by atoms with Crippen LogP contribution in [0.4, 0.5) is 0 Å². The monoisotopic (exact) mass is 390 g/mol. The number of carbonyl (C=O) groups excluding carboxylic acids is 1. The summed E-state index contributed by atoms with van der Waals surface area (Å²) in [5.41, 5.74) is 0.215. The first kappa shape index (κ1) is 19.3. The number of aromatic nitrogens is 1. The molecule has 1 fully saturated rings. The predicted octanol–water partition coefficient (Wildman–Crippen LogP) is 2.82. The van der Waals surface area contributed by atoms with Gasteiger partial charge in [-0.1, -0.05) is 0 Å². The van der Waals surface area contributed by atoms with Crippen LogP contribution in [0.5, 0.6) is 5.75 Å². The molecule has 0 spiro atoms. The molecule has 0 radical (unpaired) electrons. The molecule has 1 saturated heterocycles. The summed E-state index contributed by atoms with van der Waals surface area (Å²) in [7, 11) is 0. The van der Waals surface area contributed by atoms with Crippen molar-refractivity contribution in [2.75, 3.05) is 26.4 Å². The largest absolute Gasteiger partial charge is 0.494 e. The highest BCUT2D eigenvalue weighted by molar-refractivity contribution is 7.13. The predicted molar refractivity (Wildman–Crippen MR) is 101 cm³/mol. The molecule has 0 aliphatic carbocycles. The maximum atomic E-state index is 12.4. The number of carboxylic acid groups (broad SMARTS) is 1. The van der Waals surface area contributed by atoms with Crippen molar-refractivity contribution in [3.63, 3.8) is 0 Å². The molecule has 7 nitrogen and oxygen atoms in total. The van der Waals surface area contributed by atoms with Crippen LogP contribution in [0.3, 0.4) is 0 Å². The van der Waals surface area contributed by atoms with Gasteiger partial charge < -0.3 is 19.9 Å². The fraction of sp³-hybridized carbons (Fsp3) is 0.421. The van der Waals surface area contributed by atoms with Crippen molar-refractivity contribution in [3.8, 4) is 16.3 Å². The number of carbonyl (C=O) groups is 2. The second-order valence-electron chi connectivity index (χ2n) is 6.38. The smallest absolute Gasteiger partial charge is 0.311 e. The normalized spacial score (nSPS) is 15.9. The van der Waals surface area contributed by atoms with Gasteiger partial charge in [-0.15, -0.1) is 11.3 Å². The first-order valence-electron chi connectivity index (χ1n) is 8.82. The lowest BCUT2D eigenvalue weighted by Gasteiger charge is -2.32. The van der Waals surface area contributed by atoms with Crippen molar-refractivity contribution in [3.05, 3.63) is 35.3 Å². The number of hydrogen-bond acceptors (Lipinski definition) is 6. The summed E-state index contributed by atoms with van der Waals surface area (Å²) in [5, 5.41) is 14.7. The van der Waals surface area contributed by atoms with Crippen molar-refractivity contribution in [1.29, 1.82) is 0 Å². The first-order chi connectivity index (χ1) is 13.0. The number of carboxylic acids is 1. The van der Waals surface area contributed by atoms with Crippen LogP contribution in [0.2, 0.25) is 0 Å². The Balaban J connectivity index is 1.65. The zero-order valence-corrected chi connectivity index (χ0v) is 15.9. The Morgan fingerprint density at radius 3 is 2.63 bits per heavy atom. The van der Waals surface area contributed by atoms with E-state index < -0.39 is 11.4 Å². The van der Waals surface area contributed by atoms with E-state index in [0.717, 1.165) is 16.3 Å². The Labute approximate surface area is 161 Å². The van der Waals surface area contributed by atoms with E-state index in [1.54, 1.807) is 5.38 Å². The molecular formula is C19H22N2O5S. The molecule has 0 atom stereocenters. The summed E-state index contributed by atoms with van der Waals surface area (Å²) in [6.07, 6.45) is 0.772. The van der Waals surface area contributed by atoms with Crippen LogP contribution in [0.25, 0.3) is 10.6 Å². The van der Waals surface area contributed by atoms with Crippen LogP contribution in [-0.4, -0.2) is 48.3 Å². The summed E-state index contributed by atoms with van der Waals surface area (Å²) >= 11 is 1.37. The van der Waals surface area contributed by atoms with Crippen LogP contribution < -0.4 is 10.1 Å². The third kappa shape index (κ3) is 4.45. The van der Waals surface area contributed by atoms with Gasteiger partial charge in [-0.3, -0.25) is 9.59 Å². The first-order valence-corrected chi connectivity index (χ1v) is 9.70. The second kappa shape index (κ2) is 8.49. The van der Waals surface area contributed by atoms with Crippen LogP contribution >= 0.6 is 11.3 Å². The van der Waals surface area contributed by atoms with Crippen molar-refractivity contribution in [1.82, 2.24) is 10.3 Å². The zero-order valence-electron chi connectivity index (χ0n) is 15.1. The average molecular weight is 390 g/mol. The third-order valence-corrected chi connectivity index (χ3v) is 5.53. The van der Waals surface area contributed by atoms with Crippen molar-refractivity contribution in [2.24, 2.45) is 5.41 Å². The summed E-state index contributed by atoms with van der Waals surface area (Å²) in [6.45, 7) is 3.38. The lowest BCUT2D eigenvalue weighted by atomic mass is 9.80. The molecule has 2 N–H and O–H groups in total. The summed E-state index contributed by atoms with van der Waals surface area (Å²) in [4.78, 5) is 28.5. The molecule has 1 aromatic carbocycles. The van der Waals surface area contributed by atoms with E-state index in [2.05, 4.69) is 10.3 Å². The maximum Gasteiger partial charge on any atom is 0.311 e. The van der Waals surface area contributed by atoms with Crippen LogP contribution in [0.1, 0.15) is 30.3 Å². The molecule has 1 aliphatic heterocycles. The molecule has 0 unspecified atom stereocenters. The van der Waals surface area contributed by atoms with Gasteiger partial charge in [0.05, 0.1) is 12.0 Å². The summed E-state index contributed by atoms with van der Waals surface area (Å²) in [6, 6.07) is 7.52. The molecule has 27 heavy (non-hydrogen) atoms. The molecule has 2 heterocycles. The van der Waals surface area contributed by atoms with Crippen molar-refractivity contribution in [2.45, 2.75) is 19.8 Å².